The average Bonchev–Trinajstić information content (AvgIpc) is 2.66. The normalized spacial score (nSPS) is 16.5. The molecule has 3 rings (SSSR count). The first-order valence-corrected chi connectivity index (χ1v) is 8.76. The van der Waals surface area contributed by atoms with Crippen LogP contribution in [0.4, 0.5) is 5.69 Å². The van der Waals surface area contributed by atoms with E-state index in [2.05, 4.69) is 97.1 Å². The van der Waals surface area contributed by atoms with Gasteiger partial charge in [-0.15, -0.1) is 0 Å². The molecule has 1 aliphatic rings. The zero-order chi connectivity index (χ0) is 16.4. The zero-order valence-electron chi connectivity index (χ0n) is 13.4. The summed E-state index contributed by atoms with van der Waals surface area (Å²) in [5.41, 5.74) is 11.7. The fraction of sp³-hybridized carbons (Fsp3) is 0.143. The summed E-state index contributed by atoms with van der Waals surface area (Å²) in [5, 5.41) is 0. The van der Waals surface area contributed by atoms with Crippen LogP contribution in [0.15, 0.2) is 76.4 Å². The van der Waals surface area contributed by atoms with E-state index in [0.29, 0.717) is 0 Å². The Morgan fingerprint density at radius 2 is 1.61 bits per heavy atom. The number of anilines is 1. The molecular formula is C21H20IN. The molecule has 0 bridgehead atoms. The number of benzene rings is 2. The second-order valence-corrected chi connectivity index (χ2v) is 7.74. The fourth-order valence-corrected chi connectivity index (χ4v) is 3.28. The van der Waals surface area contributed by atoms with Crippen molar-refractivity contribution >= 4 is 33.9 Å². The summed E-state index contributed by atoms with van der Waals surface area (Å²) in [5.74, 6) is 0. The van der Waals surface area contributed by atoms with Crippen molar-refractivity contribution in [2.45, 2.75) is 13.8 Å². The van der Waals surface area contributed by atoms with Gasteiger partial charge in [-0.25, -0.2) is 0 Å². The Hall–Kier alpha value is -1.81. The number of rotatable bonds is 2. The topological polar surface area (TPSA) is 26.0 Å². The summed E-state index contributed by atoms with van der Waals surface area (Å²) >= 11 is 2.37. The molecule has 0 spiro atoms. The molecule has 116 valence electrons. The first kappa shape index (κ1) is 16.1. The number of nitrogens with two attached hydrogens (primary N) is 1. The van der Waals surface area contributed by atoms with Crippen LogP contribution < -0.4 is 5.73 Å². The van der Waals surface area contributed by atoms with Gasteiger partial charge in [0.15, 0.2) is 0 Å². The Morgan fingerprint density at radius 1 is 0.913 bits per heavy atom. The summed E-state index contributed by atoms with van der Waals surface area (Å²) in [7, 11) is 0. The van der Waals surface area contributed by atoms with Crippen LogP contribution in [0.5, 0.6) is 0 Å². The number of nitrogen functional groups attached to an aromatic ring is 1. The van der Waals surface area contributed by atoms with E-state index in [4.69, 9.17) is 5.73 Å². The number of halogens is 1. The van der Waals surface area contributed by atoms with Crippen LogP contribution in [0.25, 0.3) is 16.7 Å². The molecule has 2 aromatic rings. The molecule has 0 saturated heterocycles. The second kappa shape index (κ2) is 6.36. The third kappa shape index (κ3) is 3.94. The van der Waals surface area contributed by atoms with Gasteiger partial charge in [-0.05, 0) is 69.1 Å². The Bertz CT molecular complexity index is 811. The number of hydrogen-bond donors (Lipinski definition) is 1. The van der Waals surface area contributed by atoms with Crippen molar-refractivity contribution in [2.24, 2.45) is 5.41 Å². The summed E-state index contributed by atoms with van der Waals surface area (Å²) in [6.07, 6.45) is 8.94. The molecule has 2 aromatic carbocycles. The summed E-state index contributed by atoms with van der Waals surface area (Å²) < 4.78 is 1.23. The van der Waals surface area contributed by atoms with E-state index in [-0.39, 0.29) is 5.41 Å². The molecule has 0 amide bonds. The maximum atomic E-state index is 6.18. The van der Waals surface area contributed by atoms with Crippen LogP contribution in [0, 0.1) is 5.41 Å². The van der Waals surface area contributed by atoms with Crippen LogP contribution in [0.2, 0.25) is 0 Å². The highest BCUT2D eigenvalue weighted by atomic mass is 127. The van der Waals surface area contributed by atoms with E-state index >= 15 is 0 Å². The Balaban J connectivity index is 2.12. The molecule has 23 heavy (non-hydrogen) atoms. The van der Waals surface area contributed by atoms with Crippen molar-refractivity contribution in [3.63, 3.8) is 0 Å². The highest BCUT2D eigenvalue weighted by molar-refractivity contribution is 14.1. The summed E-state index contributed by atoms with van der Waals surface area (Å²) in [6.45, 7) is 4.44. The van der Waals surface area contributed by atoms with E-state index in [1.165, 1.54) is 14.7 Å². The molecule has 1 aliphatic carbocycles. The molecular weight excluding hydrogens is 393 g/mol. The molecule has 0 aromatic heterocycles. The molecule has 0 fully saturated rings. The molecule has 1 nitrogen and oxygen atoms in total. The van der Waals surface area contributed by atoms with Crippen molar-refractivity contribution < 1.29 is 0 Å². The lowest BCUT2D eigenvalue weighted by Gasteiger charge is -2.16. The molecule has 2 heteroatoms. The van der Waals surface area contributed by atoms with Crippen molar-refractivity contribution in [3.8, 4) is 11.1 Å². The first-order chi connectivity index (χ1) is 10.9. The Morgan fingerprint density at radius 3 is 2.35 bits per heavy atom. The lowest BCUT2D eigenvalue weighted by molar-refractivity contribution is 0.629. The van der Waals surface area contributed by atoms with E-state index in [1.807, 2.05) is 12.1 Å². The van der Waals surface area contributed by atoms with Gasteiger partial charge in [0.2, 0.25) is 0 Å². The molecule has 2 N–H and O–H groups in total. The van der Waals surface area contributed by atoms with Gasteiger partial charge >= 0.3 is 0 Å². The third-order valence-electron chi connectivity index (χ3n) is 3.89. The van der Waals surface area contributed by atoms with E-state index < -0.39 is 0 Å². The number of allylic oxidation sites excluding steroid dienone is 6. The third-order valence-corrected chi connectivity index (χ3v) is 4.56. The maximum absolute atomic E-state index is 6.18. The van der Waals surface area contributed by atoms with Crippen LogP contribution >= 0.6 is 22.6 Å². The van der Waals surface area contributed by atoms with Crippen LogP contribution in [0.1, 0.15) is 19.4 Å². The summed E-state index contributed by atoms with van der Waals surface area (Å²) in [4.78, 5) is 0. The first-order valence-electron chi connectivity index (χ1n) is 7.69. The van der Waals surface area contributed by atoms with Crippen molar-refractivity contribution in [3.05, 3.63) is 82.0 Å². The van der Waals surface area contributed by atoms with Gasteiger partial charge in [-0.2, -0.15) is 0 Å². The predicted molar refractivity (Wildman–Crippen MR) is 109 cm³/mol. The van der Waals surface area contributed by atoms with Gasteiger partial charge in [0, 0.05) is 14.7 Å². The largest absolute Gasteiger partial charge is 0.399 e. The fourth-order valence-electron chi connectivity index (χ4n) is 2.76. The smallest absolute Gasteiger partial charge is 0.0326 e. The lowest BCUT2D eigenvalue weighted by atomic mass is 9.89. The molecule has 0 saturated carbocycles. The quantitative estimate of drug-likeness (QED) is 0.458. The number of hydrogen-bond acceptors (Lipinski definition) is 1. The standard InChI is InChI=1S/C21H20IN/c1-21(2)9-8-19(22)11-18(14-21)17-10-16(12-20(23)13-17)15-6-4-3-5-7-15/h3-14H,23H2,1-2H3. The predicted octanol–water partition coefficient (Wildman–Crippen LogP) is 6.23. The molecule has 0 heterocycles. The van der Waals surface area contributed by atoms with Crippen LogP contribution in [0.3, 0.4) is 0 Å². The minimum atomic E-state index is 0.0241. The van der Waals surface area contributed by atoms with Crippen LogP contribution in [-0.4, -0.2) is 0 Å². The Labute approximate surface area is 151 Å². The zero-order valence-corrected chi connectivity index (χ0v) is 15.5. The molecule has 0 atom stereocenters. The van der Waals surface area contributed by atoms with E-state index in [0.717, 1.165) is 16.8 Å². The monoisotopic (exact) mass is 413 g/mol. The molecule has 0 radical (unpaired) electrons. The van der Waals surface area contributed by atoms with Gasteiger partial charge in [0.1, 0.15) is 0 Å². The SMILES string of the molecule is CC1(C)C=CC(I)=CC(c2cc(N)cc(-c3ccccc3)c2)=C1. The lowest BCUT2D eigenvalue weighted by Crippen LogP contribution is -2.02. The van der Waals surface area contributed by atoms with Gasteiger partial charge in [-0.1, -0.05) is 62.4 Å². The van der Waals surface area contributed by atoms with E-state index in [1.54, 1.807) is 0 Å². The molecule has 0 unspecified atom stereocenters. The van der Waals surface area contributed by atoms with Gasteiger partial charge in [0.25, 0.3) is 0 Å². The minimum absolute atomic E-state index is 0.0241. The maximum Gasteiger partial charge on any atom is 0.0326 e. The van der Waals surface area contributed by atoms with Crippen molar-refractivity contribution in [1.29, 1.82) is 0 Å². The molecule has 0 aliphatic heterocycles. The van der Waals surface area contributed by atoms with Gasteiger partial charge < -0.3 is 5.73 Å². The second-order valence-electron chi connectivity index (χ2n) is 6.49. The minimum Gasteiger partial charge on any atom is -0.399 e. The highest BCUT2D eigenvalue weighted by Gasteiger charge is 2.15. The highest BCUT2D eigenvalue weighted by Crippen LogP contribution is 2.34. The Kier molecular flexibility index (Phi) is 4.44. The van der Waals surface area contributed by atoms with Gasteiger partial charge in [0.05, 0.1) is 0 Å². The van der Waals surface area contributed by atoms with Crippen molar-refractivity contribution in [1.82, 2.24) is 0 Å². The van der Waals surface area contributed by atoms with Gasteiger partial charge in [-0.3, -0.25) is 0 Å². The summed E-state index contributed by atoms with van der Waals surface area (Å²) in [6, 6.07) is 16.7. The van der Waals surface area contributed by atoms with Crippen LogP contribution in [-0.2, 0) is 0 Å². The van der Waals surface area contributed by atoms with E-state index in [9.17, 15) is 0 Å². The average molecular weight is 413 g/mol. The van der Waals surface area contributed by atoms with Crippen molar-refractivity contribution in [2.75, 3.05) is 5.73 Å².